The van der Waals surface area contributed by atoms with Crippen LogP contribution in [0.5, 0.6) is 0 Å². The number of aliphatic hydroxyl groups is 2. The van der Waals surface area contributed by atoms with Crippen molar-refractivity contribution in [1.82, 2.24) is 9.80 Å². The second-order valence-electron chi connectivity index (χ2n) is 6.55. The highest BCUT2D eigenvalue weighted by Gasteiger charge is 2.49. The molecule has 2 heterocycles. The Hall–Kier alpha value is -1.34. The number of carbonyl (C=O) groups excluding carboxylic acids is 2. The second-order valence-corrected chi connectivity index (χ2v) is 6.55. The van der Waals surface area contributed by atoms with Crippen LogP contribution in [0.15, 0.2) is 0 Å². The van der Waals surface area contributed by atoms with E-state index in [1.807, 2.05) is 0 Å². The lowest BCUT2D eigenvalue weighted by Crippen LogP contribution is -2.70. The summed E-state index contributed by atoms with van der Waals surface area (Å²) in [6.45, 7) is 5.69. The van der Waals surface area contributed by atoms with E-state index >= 15 is 0 Å². The SMILES string of the molecule is CC(C)(C)OC(=O)N1CC[C@@H]1C(=O)N1CC(O)(CO)C1. The van der Waals surface area contributed by atoms with Crippen LogP contribution in [-0.4, -0.2) is 75.5 Å². The summed E-state index contributed by atoms with van der Waals surface area (Å²) < 4.78 is 5.24. The van der Waals surface area contributed by atoms with Gasteiger partial charge in [-0.3, -0.25) is 9.69 Å². The van der Waals surface area contributed by atoms with Crippen LogP contribution in [0.2, 0.25) is 0 Å². The third-order valence-corrected chi connectivity index (χ3v) is 3.51. The molecule has 0 aromatic carbocycles. The average Bonchev–Trinajstić information content (AvgIpc) is 2.20. The van der Waals surface area contributed by atoms with Crippen LogP contribution in [0.1, 0.15) is 27.2 Å². The van der Waals surface area contributed by atoms with E-state index in [1.54, 1.807) is 20.8 Å². The van der Waals surface area contributed by atoms with E-state index in [1.165, 1.54) is 9.80 Å². The summed E-state index contributed by atoms with van der Waals surface area (Å²) in [5.74, 6) is -0.194. The first-order valence-corrected chi connectivity index (χ1v) is 6.77. The van der Waals surface area contributed by atoms with Gasteiger partial charge in [-0.1, -0.05) is 0 Å². The number of amides is 2. The van der Waals surface area contributed by atoms with Crippen molar-refractivity contribution in [1.29, 1.82) is 0 Å². The zero-order chi connectivity index (χ0) is 15.1. The van der Waals surface area contributed by atoms with Crippen molar-refractivity contribution in [2.75, 3.05) is 26.2 Å². The maximum absolute atomic E-state index is 12.2. The van der Waals surface area contributed by atoms with Crippen molar-refractivity contribution in [3.8, 4) is 0 Å². The lowest BCUT2D eigenvalue weighted by molar-refractivity contribution is -0.170. The predicted molar refractivity (Wildman–Crippen MR) is 70.0 cm³/mol. The van der Waals surface area contributed by atoms with Gasteiger partial charge in [0.2, 0.25) is 5.91 Å². The summed E-state index contributed by atoms with van der Waals surface area (Å²) in [5, 5.41) is 18.6. The highest BCUT2D eigenvalue weighted by molar-refractivity contribution is 5.88. The van der Waals surface area contributed by atoms with Crippen LogP contribution in [-0.2, 0) is 9.53 Å². The number of hydrogen-bond acceptors (Lipinski definition) is 5. The van der Waals surface area contributed by atoms with E-state index in [2.05, 4.69) is 0 Å². The predicted octanol–water partition coefficient (Wildman–Crippen LogP) is -0.439. The molecular weight excluding hydrogens is 264 g/mol. The molecule has 2 fully saturated rings. The number of likely N-dealkylation sites (tertiary alicyclic amines) is 2. The molecule has 0 aliphatic carbocycles. The second kappa shape index (κ2) is 4.89. The fraction of sp³-hybridized carbons (Fsp3) is 0.846. The van der Waals surface area contributed by atoms with Gasteiger partial charge in [-0.05, 0) is 27.2 Å². The molecule has 2 saturated heterocycles. The van der Waals surface area contributed by atoms with Gasteiger partial charge in [-0.15, -0.1) is 0 Å². The van der Waals surface area contributed by atoms with Gasteiger partial charge in [0.1, 0.15) is 17.2 Å². The number of carbonyl (C=O) groups is 2. The Kier molecular flexibility index (Phi) is 3.68. The van der Waals surface area contributed by atoms with E-state index in [9.17, 15) is 14.7 Å². The third kappa shape index (κ3) is 2.88. The summed E-state index contributed by atoms with van der Waals surface area (Å²) in [7, 11) is 0. The molecule has 20 heavy (non-hydrogen) atoms. The van der Waals surface area contributed by atoms with E-state index in [4.69, 9.17) is 9.84 Å². The Balaban J connectivity index is 1.88. The Morgan fingerprint density at radius 2 is 1.95 bits per heavy atom. The molecule has 7 nitrogen and oxygen atoms in total. The topological polar surface area (TPSA) is 90.3 Å². The lowest BCUT2D eigenvalue weighted by Gasteiger charge is -2.49. The summed E-state index contributed by atoms with van der Waals surface area (Å²) >= 11 is 0. The molecule has 2 aliphatic rings. The van der Waals surface area contributed by atoms with Crippen LogP contribution in [0, 0.1) is 0 Å². The van der Waals surface area contributed by atoms with Gasteiger partial charge in [-0.25, -0.2) is 4.79 Å². The minimum Gasteiger partial charge on any atom is -0.444 e. The number of hydrogen-bond donors (Lipinski definition) is 2. The molecule has 114 valence electrons. The Morgan fingerprint density at radius 3 is 2.35 bits per heavy atom. The molecule has 0 saturated carbocycles. The van der Waals surface area contributed by atoms with Gasteiger partial charge in [0, 0.05) is 6.54 Å². The van der Waals surface area contributed by atoms with Crippen LogP contribution in [0.4, 0.5) is 4.79 Å². The van der Waals surface area contributed by atoms with Gasteiger partial charge in [0.15, 0.2) is 0 Å². The van der Waals surface area contributed by atoms with Crippen molar-refractivity contribution in [3.63, 3.8) is 0 Å². The molecule has 0 radical (unpaired) electrons. The molecule has 0 unspecified atom stereocenters. The normalized spacial score (nSPS) is 24.8. The number of β-amino-alcohol motifs (C(OH)–C–C–N with tert-alkyl or cyclic N) is 1. The average molecular weight is 286 g/mol. The molecule has 2 aliphatic heterocycles. The number of aliphatic hydroxyl groups excluding tert-OH is 1. The molecule has 1 atom stereocenters. The molecule has 2 N–H and O–H groups in total. The number of ether oxygens (including phenoxy) is 1. The molecule has 0 spiro atoms. The largest absolute Gasteiger partial charge is 0.444 e. The van der Waals surface area contributed by atoms with Gasteiger partial charge in [0.25, 0.3) is 0 Å². The summed E-state index contributed by atoms with van der Waals surface area (Å²) in [5.41, 5.74) is -1.77. The summed E-state index contributed by atoms with van der Waals surface area (Å²) in [6.07, 6.45) is 0.117. The molecule has 2 amide bonds. The van der Waals surface area contributed by atoms with Gasteiger partial charge in [0.05, 0.1) is 19.7 Å². The summed E-state index contributed by atoms with van der Waals surface area (Å²) in [6, 6.07) is -0.506. The fourth-order valence-electron chi connectivity index (χ4n) is 2.31. The molecule has 0 aromatic heterocycles. The van der Waals surface area contributed by atoms with Crippen molar-refractivity contribution in [2.45, 2.75) is 44.4 Å². The van der Waals surface area contributed by atoms with Crippen molar-refractivity contribution in [2.24, 2.45) is 0 Å². The molecule has 0 aromatic rings. The molecule has 0 bridgehead atoms. The molecular formula is C13H22N2O5. The quantitative estimate of drug-likeness (QED) is 0.718. The van der Waals surface area contributed by atoms with Crippen LogP contribution in [0.25, 0.3) is 0 Å². The van der Waals surface area contributed by atoms with Crippen LogP contribution < -0.4 is 0 Å². The van der Waals surface area contributed by atoms with Crippen LogP contribution >= 0.6 is 0 Å². The fourth-order valence-corrected chi connectivity index (χ4v) is 2.31. The Bertz CT molecular complexity index is 411. The van der Waals surface area contributed by atoms with Crippen molar-refractivity contribution >= 4 is 12.0 Å². The van der Waals surface area contributed by atoms with Crippen molar-refractivity contribution in [3.05, 3.63) is 0 Å². The minimum absolute atomic E-state index is 0.112. The minimum atomic E-state index is -1.18. The Labute approximate surface area is 118 Å². The van der Waals surface area contributed by atoms with E-state index in [0.717, 1.165) is 0 Å². The summed E-state index contributed by atoms with van der Waals surface area (Å²) in [4.78, 5) is 26.9. The van der Waals surface area contributed by atoms with Crippen molar-refractivity contribution < 1.29 is 24.5 Å². The lowest BCUT2D eigenvalue weighted by atomic mass is 9.92. The van der Waals surface area contributed by atoms with E-state index < -0.39 is 23.3 Å². The van der Waals surface area contributed by atoms with Crippen LogP contribution in [0.3, 0.4) is 0 Å². The van der Waals surface area contributed by atoms with E-state index in [0.29, 0.717) is 13.0 Å². The smallest absolute Gasteiger partial charge is 0.410 e. The number of rotatable bonds is 2. The highest BCUT2D eigenvalue weighted by Crippen LogP contribution is 2.27. The first kappa shape index (κ1) is 15.1. The van der Waals surface area contributed by atoms with E-state index in [-0.39, 0.29) is 25.6 Å². The number of nitrogens with zero attached hydrogens (tertiary/aromatic N) is 2. The Morgan fingerprint density at radius 1 is 1.35 bits per heavy atom. The van der Waals surface area contributed by atoms with Gasteiger partial charge >= 0.3 is 6.09 Å². The first-order valence-electron chi connectivity index (χ1n) is 6.77. The van der Waals surface area contributed by atoms with Gasteiger partial charge in [-0.2, -0.15) is 0 Å². The molecule has 2 rings (SSSR count). The monoisotopic (exact) mass is 286 g/mol. The third-order valence-electron chi connectivity index (χ3n) is 3.51. The maximum Gasteiger partial charge on any atom is 0.410 e. The zero-order valence-electron chi connectivity index (χ0n) is 12.1. The molecule has 7 heteroatoms. The van der Waals surface area contributed by atoms with Gasteiger partial charge < -0.3 is 19.8 Å². The zero-order valence-corrected chi connectivity index (χ0v) is 12.1. The first-order chi connectivity index (χ1) is 9.15. The highest BCUT2D eigenvalue weighted by atomic mass is 16.6. The standard InChI is InChI=1S/C13H22N2O5/c1-12(2,3)20-11(18)15-5-4-9(15)10(17)14-6-13(19,7-14)8-16/h9,16,19H,4-8H2,1-3H3/t9-/m1/s1. The maximum atomic E-state index is 12.2.